The molecule has 0 aromatic heterocycles. The molecule has 0 aliphatic rings. The second kappa shape index (κ2) is 8.99. The summed E-state index contributed by atoms with van der Waals surface area (Å²) in [6.45, 7) is 6.41. The Morgan fingerprint density at radius 1 is 1.32 bits per heavy atom. The third-order valence-corrected chi connectivity index (χ3v) is 1.81. The SMILES string of the molecule is C=C(C)C(=O)OCC[N+](C)(C)C.COOS(=O)(=O)O. The average Bonchev–Trinajstić information content (AvgIpc) is 2.14. The predicted octanol–water partition coefficient (Wildman–Crippen LogP) is 0.179. The van der Waals surface area contributed by atoms with Crippen molar-refractivity contribution in [3.8, 4) is 0 Å². The molecular weight excluding hydrogens is 278 g/mol. The van der Waals surface area contributed by atoms with E-state index in [4.69, 9.17) is 9.29 Å². The molecule has 114 valence electrons. The molecule has 0 aliphatic carbocycles. The number of likely N-dealkylation sites (N-methyl/N-ethyl adjacent to an activating group) is 1. The van der Waals surface area contributed by atoms with E-state index in [-0.39, 0.29) is 5.97 Å². The van der Waals surface area contributed by atoms with Crippen molar-refractivity contribution in [2.24, 2.45) is 0 Å². The zero-order valence-electron chi connectivity index (χ0n) is 11.9. The highest BCUT2D eigenvalue weighted by Gasteiger charge is 2.09. The summed E-state index contributed by atoms with van der Waals surface area (Å²) in [5.41, 5.74) is 0.455. The number of rotatable bonds is 6. The lowest BCUT2D eigenvalue weighted by Crippen LogP contribution is -2.38. The van der Waals surface area contributed by atoms with Crippen LogP contribution in [0.15, 0.2) is 12.2 Å². The molecule has 0 unspecified atom stereocenters. The highest BCUT2D eigenvalue weighted by molar-refractivity contribution is 7.80. The molecule has 0 rings (SSSR count). The van der Waals surface area contributed by atoms with E-state index in [1.165, 1.54) is 0 Å². The zero-order valence-corrected chi connectivity index (χ0v) is 12.7. The fourth-order valence-corrected chi connectivity index (χ4v) is 0.793. The number of hydrogen-bond acceptors (Lipinski definition) is 6. The van der Waals surface area contributed by atoms with Gasteiger partial charge < -0.3 is 9.22 Å². The van der Waals surface area contributed by atoms with Gasteiger partial charge in [0.1, 0.15) is 13.2 Å². The molecule has 19 heavy (non-hydrogen) atoms. The molecule has 0 aromatic rings. The molecule has 1 N–H and O–H groups in total. The van der Waals surface area contributed by atoms with Crippen LogP contribution in [0.3, 0.4) is 0 Å². The Morgan fingerprint density at radius 3 is 2.00 bits per heavy atom. The van der Waals surface area contributed by atoms with Gasteiger partial charge in [-0.05, 0) is 6.92 Å². The number of quaternary nitrogens is 1. The van der Waals surface area contributed by atoms with Crippen molar-refractivity contribution in [3.05, 3.63) is 12.2 Å². The van der Waals surface area contributed by atoms with Crippen molar-refractivity contribution in [1.29, 1.82) is 0 Å². The Balaban J connectivity index is 0. The van der Waals surface area contributed by atoms with Crippen molar-refractivity contribution in [3.63, 3.8) is 0 Å². The molecule has 0 atom stereocenters. The van der Waals surface area contributed by atoms with Gasteiger partial charge >= 0.3 is 16.4 Å². The van der Waals surface area contributed by atoms with Gasteiger partial charge in [-0.25, -0.2) is 9.68 Å². The van der Waals surface area contributed by atoms with Crippen LogP contribution in [-0.4, -0.2) is 64.8 Å². The molecule has 0 fully saturated rings. The number of esters is 1. The first-order chi connectivity index (χ1) is 8.39. The Kier molecular flexibility index (Phi) is 9.62. The fraction of sp³-hybridized carbons (Fsp3) is 0.700. The molecule has 8 nitrogen and oxygen atoms in total. The van der Waals surface area contributed by atoms with E-state index in [0.717, 1.165) is 18.1 Å². The summed E-state index contributed by atoms with van der Waals surface area (Å²) >= 11 is 0. The van der Waals surface area contributed by atoms with E-state index < -0.39 is 10.4 Å². The molecule has 0 aromatic carbocycles. The third-order valence-electron chi connectivity index (χ3n) is 1.50. The van der Waals surface area contributed by atoms with Crippen molar-refractivity contribution in [2.75, 3.05) is 41.4 Å². The van der Waals surface area contributed by atoms with E-state index in [1.54, 1.807) is 6.92 Å². The smallest absolute Gasteiger partial charge is 0.424 e. The van der Waals surface area contributed by atoms with Crippen LogP contribution in [0.5, 0.6) is 0 Å². The lowest BCUT2D eigenvalue weighted by Gasteiger charge is -2.23. The van der Waals surface area contributed by atoms with Gasteiger partial charge in [-0.3, -0.25) is 4.55 Å². The molecule has 9 heteroatoms. The average molecular weight is 300 g/mol. The van der Waals surface area contributed by atoms with E-state index >= 15 is 0 Å². The summed E-state index contributed by atoms with van der Waals surface area (Å²) in [5, 5.41) is 0. The molecule has 0 spiro atoms. The minimum absolute atomic E-state index is 0.302. The van der Waals surface area contributed by atoms with Gasteiger partial charge in [-0.1, -0.05) is 10.9 Å². The molecular formula is C10H22NO7S+. The summed E-state index contributed by atoms with van der Waals surface area (Å²) in [6.07, 6.45) is 0. The molecule has 0 bridgehead atoms. The fourth-order valence-electron chi connectivity index (χ4n) is 0.621. The molecule has 0 radical (unpaired) electrons. The van der Waals surface area contributed by atoms with Gasteiger partial charge in [0.15, 0.2) is 0 Å². The summed E-state index contributed by atoms with van der Waals surface area (Å²) in [5.74, 6) is -0.302. The van der Waals surface area contributed by atoms with E-state index in [2.05, 4.69) is 36.9 Å². The Hall–Kier alpha value is -1.00. The van der Waals surface area contributed by atoms with Crippen LogP contribution in [0.2, 0.25) is 0 Å². The lowest BCUT2D eigenvalue weighted by atomic mass is 10.4. The third kappa shape index (κ3) is 19.5. The van der Waals surface area contributed by atoms with Crippen LogP contribution in [0.1, 0.15) is 6.92 Å². The maximum atomic E-state index is 10.9. The van der Waals surface area contributed by atoms with Crippen molar-refractivity contribution < 1.29 is 36.2 Å². The number of nitrogens with zero attached hydrogens (tertiary/aromatic N) is 1. The Bertz CT molecular complexity index is 383. The van der Waals surface area contributed by atoms with E-state index in [0.29, 0.717) is 12.2 Å². The quantitative estimate of drug-likeness (QED) is 0.186. The maximum absolute atomic E-state index is 10.9. The standard InChI is InChI=1S/C9H18NO2.CH4O5S/c1-8(2)9(11)12-7-6-10(3,4)5;1-5-6-7(2,3)4/h1,6-7H2,2-5H3;1H3,(H,2,3,4)/q+1;. The monoisotopic (exact) mass is 300 g/mol. The number of carbonyl (C=O) groups excluding carboxylic acids is 1. The predicted molar refractivity (Wildman–Crippen MR) is 68.3 cm³/mol. The zero-order chi connectivity index (χ0) is 15.7. The van der Waals surface area contributed by atoms with Gasteiger partial charge in [0.2, 0.25) is 0 Å². The topological polar surface area (TPSA) is 99.1 Å². The van der Waals surface area contributed by atoms with E-state index in [1.807, 2.05) is 0 Å². The van der Waals surface area contributed by atoms with Crippen molar-refractivity contribution >= 4 is 16.4 Å². The Morgan fingerprint density at radius 2 is 1.79 bits per heavy atom. The van der Waals surface area contributed by atoms with E-state index in [9.17, 15) is 13.2 Å². The molecule has 0 saturated carbocycles. The second-order valence-corrected chi connectivity index (χ2v) is 5.58. The molecule has 0 aliphatic heterocycles. The first-order valence-electron chi connectivity index (χ1n) is 5.22. The van der Waals surface area contributed by atoms with Gasteiger partial charge in [0.25, 0.3) is 0 Å². The van der Waals surface area contributed by atoms with Gasteiger partial charge in [0, 0.05) is 5.57 Å². The molecule has 0 amide bonds. The first-order valence-corrected chi connectivity index (χ1v) is 6.58. The second-order valence-electron chi connectivity index (χ2n) is 4.59. The lowest BCUT2D eigenvalue weighted by molar-refractivity contribution is -0.870. The number of hydrogen-bond donors (Lipinski definition) is 1. The summed E-state index contributed by atoms with van der Waals surface area (Å²) < 4.78 is 35.5. The van der Waals surface area contributed by atoms with Crippen molar-refractivity contribution in [1.82, 2.24) is 0 Å². The number of ether oxygens (including phenoxy) is 1. The van der Waals surface area contributed by atoms with Crippen LogP contribution in [0.25, 0.3) is 0 Å². The van der Waals surface area contributed by atoms with Crippen molar-refractivity contribution in [2.45, 2.75) is 6.92 Å². The maximum Gasteiger partial charge on any atom is 0.424 e. The van der Waals surface area contributed by atoms with Crippen LogP contribution in [0.4, 0.5) is 0 Å². The van der Waals surface area contributed by atoms with Crippen LogP contribution in [0, 0.1) is 0 Å². The molecule has 0 saturated heterocycles. The summed E-state index contributed by atoms with van der Waals surface area (Å²) in [4.78, 5) is 14.5. The highest BCUT2D eigenvalue weighted by Crippen LogP contribution is 1.94. The largest absolute Gasteiger partial charge is 0.456 e. The first kappa shape index (κ1) is 20.3. The normalized spacial score (nSPS) is 11.3. The minimum Gasteiger partial charge on any atom is -0.456 e. The molecule has 0 heterocycles. The number of carbonyl (C=O) groups is 1. The van der Waals surface area contributed by atoms with Crippen LogP contribution in [-0.2, 0) is 29.2 Å². The van der Waals surface area contributed by atoms with Gasteiger partial charge in [-0.2, -0.15) is 8.42 Å². The minimum atomic E-state index is -4.40. The summed E-state index contributed by atoms with van der Waals surface area (Å²) in [7, 11) is 2.72. The van der Waals surface area contributed by atoms with Crippen LogP contribution < -0.4 is 0 Å². The highest BCUT2D eigenvalue weighted by atomic mass is 32.3. The van der Waals surface area contributed by atoms with Gasteiger partial charge in [-0.15, -0.1) is 0 Å². The summed E-state index contributed by atoms with van der Waals surface area (Å²) in [6, 6.07) is 0. The van der Waals surface area contributed by atoms with Crippen LogP contribution >= 0.6 is 0 Å². The van der Waals surface area contributed by atoms with Gasteiger partial charge in [0.05, 0.1) is 28.3 Å². The Labute approximate surface area is 114 Å².